The van der Waals surface area contributed by atoms with Crippen LogP contribution in [0.5, 0.6) is 5.75 Å². The first kappa shape index (κ1) is 16.7. The van der Waals surface area contributed by atoms with E-state index in [0.29, 0.717) is 5.75 Å². The highest BCUT2D eigenvalue weighted by atomic mass is 32.2. The molecule has 0 bridgehead atoms. The number of hydrogen-bond acceptors (Lipinski definition) is 4. The van der Waals surface area contributed by atoms with Crippen LogP contribution in [-0.2, 0) is 16.3 Å². The van der Waals surface area contributed by atoms with E-state index < -0.39 is 0 Å². The number of carbonyl (C=O) groups excluding carboxylic acids is 1. The van der Waals surface area contributed by atoms with Gasteiger partial charge in [0.2, 0.25) is 0 Å². The number of thioether (sulfide) groups is 1. The highest BCUT2D eigenvalue weighted by Gasteiger charge is 2.24. The number of hydrogen-bond donors (Lipinski definition) is 1. The van der Waals surface area contributed by atoms with Crippen LogP contribution in [0.4, 0.5) is 5.82 Å². The number of amides is 1. The van der Waals surface area contributed by atoms with Crippen molar-refractivity contribution in [2.45, 2.75) is 18.4 Å². The summed E-state index contributed by atoms with van der Waals surface area (Å²) < 4.78 is 7.38. The van der Waals surface area contributed by atoms with Crippen molar-refractivity contribution in [2.24, 2.45) is 0 Å². The molecule has 2 heterocycles. The lowest BCUT2D eigenvalue weighted by molar-refractivity contribution is -0.118. The van der Waals surface area contributed by atoms with E-state index in [1.54, 1.807) is 0 Å². The lowest BCUT2D eigenvalue weighted by atomic mass is 10.2. The zero-order valence-electron chi connectivity index (χ0n) is 14.4. The van der Waals surface area contributed by atoms with E-state index >= 15 is 0 Å². The summed E-state index contributed by atoms with van der Waals surface area (Å²) >= 11 is 1.81. The number of nitrogens with zero attached hydrogens (tertiary/aromatic N) is 2. The second kappa shape index (κ2) is 7.25. The predicted molar refractivity (Wildman–Crippen MR) is 104 cm³/mol. The van der Waals surface area contributed by atoms with Crippen LogP contribution in [-0.4, -0.2) is 22.3 Å². The van der Waals surface area contributed by atoms with Crippen LogP contribution in [0.3, 0.4) is 0 Å². The summed E-state index contributed by atoms with van der Waals surface area (Å²) in [5.41, 5.74) is 4.24. The van der Waals surface area contributed by atoms with Gasteiger partial charge in [-0.3, -0.25) is 4.79 Å². The highest BCUT2D eigenvalue weighted by Crippen LogP contribution is 2.36. The van der Waals surface area contributed by atoms with Crippen molar-refractivity contribution in [2.75, 3.05) is 11.9 Å². The molecule has 0 aliphatic carbocycles. The zero-order valence-corrected chi connectivity index (χ0v) is 15.3. The SMILES string of the molecule is Cc1cccc(-n2nc3c(c2NC(=O)COc2ccccc2)CSC3)c1. The number of aromatic nitrogens is 2. The normalized spacial score (nSPS) is 12.7. The summed E-state index contributed by atoms with van der Waals surface area (Å²) in [4.78, 5) is 12.5. The average molecular weight is 365 g/mol. The largest absolute Gasteiger partial charge is 0.484 e. The lowest BCUT2D eigenvalue weighted by Gasteiger charge is -2.12. The van der Waals surface area contributed by atoms with Crippen molar-refractivity contribution in [1.82, 2.24) is 9.78 Å². The molecule has 3 aromatic rings. The third kappa shape index (κ3) is 3.46. The minimum Gasteiger partial charge on any atom is -0.484 e. The fourth-order valence-corrected chi connectivity index (χ4v) is 3.96. The Hall–Kier alpha value is -2.73. The van der Waals surface area contributed by atoms with Crippen LogP contribution in [0.25, 0.3) is 5.69 Å². The molecule has 1 aliphatic rings. The predicted octanol–water partition coefficient (Wildman–Crippen LogP) is 3.95. The first-order chi connectivity index (χ1) is 12.7. The number of para-hydroxylation sites is 1. The van der Waals surface area contributed by atoms with E-state index in [9.17, 15) is 4.79 Å². The monoisotopic (exact) mass is 365 g/mol. The maximum atomic E-state index is 12.5. The first-order valence-corrected chi connectivity index (χ1v) is 9.59. The van der Waals surface area contributed by atoms with Crippen LogP contribution in [0.1, 0.15) is 16.8 Å². The Morgan fingerprint density at radius 1 is 1.19 bits per heavy atom. The Morgan fingerprint density at radius 2 is 2.04 bits per heavy atom. The molecule has 5 nitrogen and oxygen atoms in total. The number of rotatable bonds is 5. The van der Waals surface area contributed by atoms with Crippen molar-refractivity contribution < 1.29 is 9.53 Å². The van der Waals surface area contributed by atoms with E-state index in [4.69, 9.17) is 9.84 Å². The molecule has 0 saturated carbocycles. The van der Waals surface area contributed by atoms with Gasteiger partial charge in [-0.25, -0.2) is 4.68 Å². The van der Waals surface area contributed by atoms with E-state index in [1.807, 2.05) is 71.9 Å². The summed E-state index contributed by atoms with van der Waals surface area (Å²) in [6.07, 6.45) is 0. The van der Waals surface area contributed by atoms with Gasteiger partial charge in [0.05, 0.1) is 11.4 Å². The number of nitrogens with one attached hydrogen (secondary N) is 1. The maximum Gasteiger partial charge on any atom is 0.263 e. The van der Waals surface area contributed by atoms with Gasteiger partial charge in [-0.1, -0.05) is 30.3 Å². The molecule has 4 rings (SSSR count). The maximum absolute atomic E-state index is 12.5. The second-order valence-electron chi connectivity index (χ2n) is 6.17. The average Bonchev–Trinajstić information content (AvgIpc) is 3.24. The molecule has 0 saturated heterocycles. The van der Waals surface area contributed by atoms with Gasteiger partial charge in [-0.05, 0) is 36.8 Å². The van der Waals surface area contributed by atoms with Crippen LogP contribution < -0.4 is 10.1 Å². The molecule has 1 aliphatic heterocycles. The van der Waals surface area contributed by atoms with Gasteiger partial charge >= 0.3 is 0 Å². The van der Waals surface area contributed by atoms with E-state index in [0.717, 1.165) is 39.8 Å². The zero-order chi connectivity index (χ0) is 17.9. The number of benzene rings is 2. The van der Waals surface area contributed by atoms with Gasteiger partial charge in [0.25, 0.3) is 5.91 Å². The molecular weight excluding hydrogens is 346 g/mol. The molecule has 1 N–H and O–H groups in total. The van der Waals surface area contributed by atoms with E-state index in [-0.39, 0.29) is 12.5 Å². The molecular formula is C20H19N3O2S. The number of aryl methyl sites for hydroxylation is 1. The smallest absolute Gasteiger partial charge is 0.263 e. The fourth-order valence-electron chi connectivity index (χ4n) is 2.92. The minimum absolute atomic E-state index is 0.0368. The quantitative estimate of drug-likeness (QED) is 0.744. The van der Waals surface area contributed by atoms with Gasteiger partial charge in [0, 0.05) is 17.1 Å². The van der Waals surface area contributed by atoms with Crippen molar-refractivity contribution in [3.63, 3.8) is 0 Å². The summed E-state index contributed by atoms with van der Waals surface area (Å²) in [5, 5.41) is 7.72. The Morgan fingerprint density at radius 3 is 2.85 bits per heavy atom. The molecule has 0 spiro atoms. The minimum atomic E-state index is -0.192. The van der Waals surface area contributed by atoms with Crippen molar-refractivity contribution in [1.29, 1.82) is 0 Å². The Balaban J connectivity index is 1.56. The molecule has 132 valence electrons. The van der Waals surface area contributed by atoms with Crippen LogP contribution >= 0.6 is 11.8 Å². The van der Waals surface area contributed by atoms with Crippen LogP contribution in [0, 0.1) is 6.92 Å². The summed E-state index contributed by atoms with van der Waals surface area (Å²) in [5.74, 6) is 2.96. The fraction of sp³-hybridized carbons (Fsp3) is 0.200. The van der Waals surface area contributed by atoms with E-state index in [1.165, 1.54) is 0 Å². The molecule has 0 fully saturated rings. The van der Waals surface area contributed by atoms with Crippen molar-refractivity contribution in [3.8, 4) is 11.4 Å². The number of ether oxygens (including phenoxy) is 1. The van der Waals surface area contributed by atoms with Crippen molar-refractivity contribution >= 4 is 23.5 Å². The van der Waals surface area contributed by atoms with Gasteiger partial charge in [-0.15, -0.1) is 0 Å². The summed E-state index contributed by atoms with van der Waals surface area (Å²) in [6, 6.07) is 17.4. The second-order valence-corrected chi connectivity index (χ2v) is 7.15. The number of anilines is 1. The Kier molecular flexibility index (Phi) is 4.67. The van der Waals surface area contributed by atoms with E-state index in [2.05, 4.69) is 11.4 Å². The number of fused-ring (bicyclic) bond motifs is 1. The molecule has 26 heavy (non-hydrogen) atoms. The van der Waals surface area contributed by atoms with Gasteiger partial charge in [-0.2, -0.15) is 16.9 Å². The molecule has 0 unspecified atom stereocenters. The van der Waals surface area contributed by atoms with Crippen LogP contribution in [0.15, 0.2) is 54.6 Å². The standard InChI is InChI=1S/C20H19N3O2S/c1-14-6-5-7-15(10-14)23-20(17-12-26-13-18(17)22-23)21-19(24)11-25-16-8-3-2-4-9-16/h2-10H,11-13H2,1H3,(H,21,24). The summed E-state index contributed by atoms with van der Waals surface area (Å²) in [6.45, 7) is 2.01. The third-order valence-electron chi connectivity index (χ3n) is 4.17. The Labute approximate surface area is 156 Å². The molecule has 2 aromatic carbocycles. The Bertz CT molecular complexity index is 937. The van der Waals surface area contributed by atoms with Crippen LogP contribution in [0.2, 0.25) is 0 Å². The number of carbonyl (C=O) groups is 1. The molecule has 0 atom stereocenters. The van der Waals surface area contributed by atoms with Gasteiger partial charge < -0.3 is 10.1 Å². The topological polar surface area (TPSA) is 56.2 Å². The third-order valence-corrected chi connectivity index (χ3v) is 5.14. The molecule has 0 radical (unpaired) electrons. The molecule has 1 amide bonds. The summed E-state index contributed by atoms with van der Waals surface area (Å²) in [7, 11) is 0. The van der Waals surface area contributed by atoms with Crippen molar-refractivity contribution in [3.05, 3.63) is 71.4 Å². The lowest BCUT2D eigenvalue weighted by Crippen LogP contribution is -2.22. The van der Waals surface area contributed by atoms with Gasteiger partial charge in [0.1, 0.15) is 11.6 Å². The molecule has 6 heteroatoms. The highest BCUT2D eigenvalue weighted by molar-refractivity contribution is 7.98. The molecule has 1 aromatic heterocycles. The first-order valence-electron chi connectivity index (χ1n) is 8.44. The van der Waals surface area contributed by atoms with Gasteiger partial charge in [0.15, 0.2) is 6.61 Å².